The SMILES string of the molecule is Cc1nn(CC(=O)NC2CC(O)C2(C)C)c(C)c1N. The zero-order chi connectivity index (χ0) is 14.4. The maximum atomic E-state index is 12.0. The molecule has 19 heavy (non-hydrogen) atoms. The molecule has 2 rings (SSSR count). The van der Waals surface area contributed by atoms with Crippen molar-refractivity contribution in [3.8, 4) is 0 Å². The normalized spacial score (nSPS) is 24.9. The topological polar surface area (TPSA) is 93.2 Å². The summed E-state index contributed by atoms with van der Waals surface area (Å²) in [6, 6.07) is 0.0179. The summed E-state index contributed by atoms with van der Waals surface area (Å²) in [4.78, 5) is 12.0. The van der Waals surface area contributed by atoms with Gasteiger partial charge < -0.3 is 16.2 Å². The third-order valence-corrected chi connectivity index (χ3v) is 4.28. The highest BCUT2D eigenvalue weighted by Crippen LogP contribution is 2.40. The van der Waals surface area contributed by atoms with Gasteiger partial charge >= 0.3 is 0 Å². The number of nitrogen functional groups attached to an aromatic ring is 1. The Morgan fingerprint density at radius 1 is 1.58 bits per heavy atom. The smallest absolute Gasteiger partial charge is 0.241 e. The van der Waals surface area contributed by atoms with Crippen LogP contribution in [0.4, 0.5) is 5.69 Å². The van der Waals surface area contributed by atoms with E-state index in [2.05, 4.69) is 10.4 Å². The fourth-order valence-corrected chi connectivity index (χ4v) is 2.39. The number of carbonyl (C=O) groups is 1. The highest BCUT2D eigenvalue weighted by atomic mass is 16.3. The van der Waals surface area contributed by atoms with Gasteiger partial charge in [-0.3, -0.25) is 9.48 Å². The molecule has 6 nitrogen and oxygen atoms in total. The number of aryl methyl sites for hydroxylation is 1. The number of hydrogen-bond acceptors (Lipinski definition) is 4. The molecule has 1 saturated carbocycles. The molecule has 1 aliphatic rings. The van der Waals surface area contributed by atoms with Crippen LogP contribution in [0.5, 0.6) is 0 Å². The summed E-state index contributed by atoms with van der Waals surface area (Å²) in [5, 5.41) is 16.8. The molecular formula is C13H22N4O2. The molecule has 4 N–H and O–H groups in total. The lowest BCUT2D eigenvalue weighted by molar-refractivity contribution is -0.130. The highest BCUT2D eigenvalue weighted by molar-refractivity contribution is 5.76. The number of nitrogens with two attached hydrogens (primary N) is 1. The first kappa shape index (κ1) is 13.9. The molecule has 1 amide bonds. The van der Waals surface area contributed by atoms with Gasteiger partial charge in [0.05, 0.1) is 23.2 Å². The van der Waals surface area contributed by atoms with Gasteiger partial charge in [0.2, 0.25) is 5.91 Å². The monoisotopic (exact) mass is 266 g/mol. The first-order valence-electron chi connectivity index (χ1n) is 6.50. The molecule has 6 heteroatoms. The number of carbonyl (C=O) groups excluding carboxylic acids is 1. The first-order valence-corrected chi connectivity index (χ1v) is 6.50. The van der Waals surface area contributed by atoms with E-state index < -0.39 is 0 Å². The van der Waals surface area contributed by atoms with Crippen LogP contribution in [-0.2, 0) is 11.3 Å². The van der Waals surface area contributed by atoms with E-state index in [4.69, 9.17) is 5.73 Å². The lowest BCUT2D eigenvalue weighted by atomic mass is 9.64. The Kier molecular flexibility index (Phi) is 3.30. The molecule has 0 radical (unpaired) electrons. The predicted octanol–water partition coefficient (Wildman–Crippen LogP) is 0.358. The second kappa shape index (κ2) is 4.52. The van der Waals surface area contributed by atoms with E-state index in [1.54, 1.807) is 4.68 Å². The summed E-state index contributed by atoms with van der Waals surface area (Å²) >= 11 is 0. The zero-order valence-corrected chi connectivity index (χ0v) is 11.9. The minimum absolute atomic E-state index is 0.0179. The molecule has 0 aromatic carbocycles. The van der Waals surface area contributed by atoms with Gasteiger partial charge in [-0.25, -0.2) is 0 Å². The Balaban J connectivity index is 1.97. The molecule has 106 valence electrons. The number of hydrogen-bond donors (Lipinski definition) is 3. The van der Waals surface area contributed by atoms with Crippen LogP contribution in [0, 0.1) is 19.3 Å². The Bertz CT molecular complexity index is 507. The maximum Gasteiger partial charge on any atom is 0.241 e. The molecule has 0 aliphatic heterocycles. The number of rotatable bonds is 3. The van der Waals surface area contributed by atoms with Gasteiger partial charge in [0, 0.05) is 11.5 Å². The van der Waals surface area contributed by atoms with Gasteiger partial charge in [-0.05, 0) is 20.3 Å². The number of aliphatic hydroxyl groups excluding tert-OH is 1. The molecule has 2 atom stereocenters. The van der Waals surface area contributed by atoms with Crippen LogP contribution in [0.2, 0.25) is 0 Å². The van der Waals surface area contributed by atoms with Crippen molar-refractivity contribution in [3.63, 3.8) is 0 Å². The molecule has 1 aromatic rings. The van der Waals surface area contributed by atoms with Crippen molar-refractivity contribution in [2.45, 2.75) is 52.8 Å². The van der Waals surface area contributed by atoms with Crippen molar-refractivity contribution in [1.29, 1.82) is 0 Å². The third-order valence-electron chi connectivity index (χ3n) is 4.28. The van der Waals surface area contributed by atoms with Crippen LogP contribution in [0.15, 0.2) is 0 Å². The van der Waals surface area contributed by atoms with E-state index >= 15 is 0 Å². The van der Waals surface area contributed by atoms with Gasteiger partial charge in [0.25, 0.3) is 0 Å². The summed E-state index contributed by atoms with van der Waals surface area (Å²) in [5.41, 5.74) is 7.75. The van der Waals surface area contributed by atoms with Crippen LogP contribution in [-0.4, -0.2) is 32.9 Å². The molecule has 0 bridgehead atoms. The van der Waals surface area contributed by atoms with Crippen molar-refractivity contribution in [2.75, 3.05) is 5.73 Å². The van der Waals surface area contributed by atoms with Crippen LogP contribution >= 0.6 is 0 Å². The largest absolute Gasteiger partial charge is 0.396 e. The Morgan fingerprint density at radius 3 is 2.63 bits per heavy atom. The van der Waals surface area contributed by atoms with Crippen LogP contribution < -0.4 is 11.1 Å². The van der Waals surface area contributed by atoms with E-state index in [1.807, 2.05) is 27.7 Å². The fraction of sp³-hybridized carbons (Fsp3) is 0.692. The van der Waals surface area contributed by atoms with Crippen molar-refractivity contribution in [1.82, 2.24) is 15.1 Å². The van der Waals surface area contributed by atoms with E-state index in [0.717, 1.165) is 11.4 Å². The third kappa shape index (κ3) is 2.32. The van der Waals surface area contributed by atoms with Crippen molar-refractivity contribution >= 4 is 11.6 Å². The average Bonchev–Trinajstić information content (AvgIpc) is 2.57. The van der Waals surface area contributed by atoms with Crippen molar-refractivity contribution in [2.24, 2.45) is 5.41 Å². The van der Waals surface area contributed by atoms with Gasteiger partial charge in [0.1, 0.15) is 6.54 Å². The summed E-state index contributed by atoms with van der Waals surface area (Å²) < 4.78 is 1.61. The number of nitrogens with one attached hydrogen (secondary N) is 1. The predicted molar refractivity (Wildman–Crippen MR) is 72.4 cm³/mol. The van der Waals surface area contributed by atoms with E-state index in [0.29, 0.717) is 12.1 Å². The number of nitrogens with zero attached hydrogens (tertiary/aromatic N) is 2. The average molecular weight is 266 g/mol. The van der Waals surface area contributed by atoms with Crippen LogP contribution in [0.25, 0.3) is 0 Å². The Labute approximate surface area is 113 Å². The maximum absolute atomic E-state index is 12.0. The second-order valence-corrected chi connectivity index (χ2v) is 5.94. The number of aliphatic hydroxyl groups is 1. The summed E-state index contributed by atoms with van der Waals surface area (Å²) in [6.07, 6.45) is 0.264. The zero-order valence-electron chi connectivity index (χ0n) is 11.9. The molecular weight excluding hydrogens is 244 g/mol. The Hall–Kier alpha value is -1.56. The Morgan fingerprint density at radius 2 is 2.21 bits per heavy atom. The summed E-state index contributed by atoms with van der Waals surface area (Å²) in [5.74, 6) is -0.101. The number of amides is 1. The molecule has 0 spiro atoms. The molecule has 1 fully saturated rings. The minimum atomic E-state index is -0.345. The van der Waals surface area contributed by atoms with Crippen molar-refractivity contribution < 1.29 is 9.90 Å². The summed E-state index contributed by atoms with van der Waals surface area (Å²) in [7, 11) is 0. The van der Waals surface area contributed by atoms with E-state index in [9.17, 15) is 9.90 Å². The molecule has 1 aliphatic carbocycles. The quantitative estimate of drug-likeness (QED) is 0.736. The van der Waals surface area contributed by atoms with E-state index in [-0.39, 0.29) is 30.0 Å². The molecule has 0 saturated heterocycles. The van der Waals surface area contributed by atoms with Gasteiger partial charge in [0.15, 0.2) is 0 Å². The number of aromatic nitrogens is 2. The summed E-state index contributed by atoms with van der Waals surface area (Å²) in [6.45, 7) is 7.73. The first-order chi connectivity index (χ1) is 8.73. The van der Waals surface area contributed by atoms with Gasteiger partial charge in [-0.2, -0.15) is 5.10 Å². The number of anilines is 1. The van der Waals surface area contributed by atoms with Crippen LogP contribution in [0.1, 0.15) is 31.7 Å². The van der Waals surface area contributed by atoms with Gasteiger partial charge in [-0.1, -0.05) is 13.8 Å². The lowest BCUT2D eigenvalue weighted by Crippen LogP contribution is -2.61. The highest BCUT2D eigenvalue weighted by Gasteiger charge is 2.47. The molecule has 1 aromatic heterocycles. The van der Waals surface area contributed by atoms with E-state index in [1.165, 1.54) is 0 Å². The van der Waals surface area contributed by atoms with Gasteiger partial charge in [-0.15, -0.1) is 0 Å². The second-order valence-electron chi connectivity index (χ2n) is 5.94. The van der Waals surface area contributed by atoms with Crippen molar-refractivity contribution in [3.05, 3.63) is 11.4 Å². The minimum Gasteiger partial charge on any atom is -0.396 e. The fourth-order valence-electron chi connectivity index (χ4n) is 2.39. The molecule has 1 heterocycles. The lowest BCUT2D eigenvalue weighted by Gasteiger charge is -2.49. The van der Waals surface area contributed by atoms with Crippen LogP contribution in [0.3, 0.4) is 0 Å². The standard InChI is InChI=1S/C13H22N4O2/c1-7-12(14)8(2)17(16-7)6-11(19)15-9-5-10(18)13(9,3)4/h9-10,18H,5-6,14H2,1-4H3,(H,15,19). The molecule has 2 unspecified atom stereocenters.